The van der Waals surface area contributed by atoms with E-state index in [4.69, 9.17) is 14.2 Å². The molecule has 2 aromatic rings. The van der Waals surface area contributed by atoms with Crippen LogP contribution in [0.4, 0.5) is 0 Å². The van der Waals surface area contributed by atoms with Gasteiger partial charge in [-0.3, -0.25) is 0 Å². The molecular weight excluding hydrogens is 330 g/mol. The van der Waals surface area contributed by atoms with Gasteiger partial charge < -0.3 is 14.2 Å². The first-order chi connectivity index (χ1) is 12.7. The molecule has 0 spiro atoms. The summed E-state index contributed by atoms with van der Waals surface area (Å²) in [5.41, 5.74) is 1.86. The van der Waals surface area contributed by atoms with E-state index in [2.05, 4.69) is 11.9 Å². The van der Waals surface area contributed by atoms with Crippen molar-refractivity contribution >= 4 is 17.9 Å². The maximum Gasteiger partial charge on any atom is 0.363 e. The van der Waals surface area contributed by atoms with Crippen molar-refractivity contribution in [1.29, 1.82) is 0 Å². The van der Waals surface area contributed by atoms with Crippen LogP contribution in [0.5, 0.6) is 11.5 Å². The molecule has 134 valence electrons. The Morgan fingerprint density at radius 3 is 2.38 bits per heavy atom. The number of hydrogen-bond donors (Lipinski definition) is 0. The first-order valence-electron chi connectivity index (χ1n) is 8.59. The topological polar surface area (TPSA) is 57.1 Å². The van der Waals surface area contributed by atoms with Crippen molar-refractivity contribution in [2.45, 2.75) is 19.8 Å². The fraction of sp³-hybridized carbons (Fsp3) is 0.238. The fourth-order valence-electron chi connectivity index (χ4n) is 2.42. The summed E-state index contributed by atoms with van der Waals surface area (Å²) in [7, 11) is 1.60. The van der Waals surface area contributed by atoms with Gasteiger partial charge in [-0.1, -0.05) is 25.5 Å². The molecule has 0 saturated carbocycles. The van der Waals surface area contributed by atoms with E-state index in [0.29, 0.717) is 12.5 Å². The van der Waals surface area contributed by atoms with Crippen molar-refractivity contribution in [3.63, 3.8) is 0 Å². The van der Waals surface area contributed by atoms with Crippen LogP contribution in [0.25, 0.3) is 6.08 Å². The molecule has 1 heterocycles. The van der Waals surface area contributed by atoms with E-state index in [0.717, 1.165) is 35.5 Å². The first kappa shape index (κ1) is 17.7. The van der Waals surface area contributed by atoms with Gasteiger partial charge in [0.1, 0.15) is 11.5 Å². The van der Waals surface area contributed by atoms with Crippen LogP contribution in [-0.4, -0.2) is 25.6 Å². The van der Waals surface area contributed by atoms with Crippen LogP contribution in [0.3, 0.4) is 0 Å². The summed E-state index contributed by atoms with van der Waals surface area (Å²) in [5, 5.41) is 0. The second kappa shape index (κ2) is 8.34. The lowest BCUT2D eigenvalue weighted by atomic mass is 10.2. The Morgan fingerprint density at radius 1 is 1.04 bits per heavy atom. The highest BCUT2D eigenvalue weighted by atomic mass is 16.6. The molecule has 1 aliphatic heterocycles. The molecule has 1 aliphatic rings. The van der Waals surface area contributed by atoms with E-state index in [-0.39, 0.29) is 5.70 Å². The quantitative estimate of drug-likeness (QED) is 0.426. The Bertz CT molecular complexity index is 820. The van der Waals surface area contributed by atoms with Crippen LogP contribution in [0, 0.1) is 0 Å². The molecule has 0 N–H and O–H groups in total. The highest BCUT2D eigenvalue weighted by Crippen LogP contribution is 2.22. The number of carbonyl (C=O) groups excluding carboxylic acids is 1. The largest absolute Gasteiger partial charge is 0.497 e. The van der Waals surface area contributed by atoms with Crippen LogP contribution in [0.1, 0.15) is 30.9 Å². The van der Waals surface area contributed by atoms with E-state index < -0.39 is 5.97 Å². The molecule has 0 atom stereocenters. The third kappa shape index (κ3) is 4.30. The molecule has 0 amide bonds. The van der Waals surface area contributed by atoms with Crippen molar-refractivity contribution < 1.29 is 19.0 Å². The van der Waals surface area contributed by atoms with Crippen LogP contribution in [0.2, 0.25) is 0 Å². The predicted molar refractivity (Wildman–Crippen MR) is 100 cm³/mol. The fourth-order valence-corrected chi connectivity index (χ4v) is 2.42. The Morgan fingerprint density at radius 2 is 1.73 bits per heavy atom. The zero-order valence-electron chi connectivity index (χ0n) is 14.9. The Kier molecular flexibility index (Phi) is 5.69. The van der Waals surface area contributed by atoms with Gasteiger partial charge in [-0.15, -0.1) is 0 Å². The highest BCUT2D eigenvalue weighted by molar-refractivity contribution is 6.12. The number of unbranched alkanes of at least 4 members (excludes halogenated alkanes) is 1. The zero-order chi connectivity index (χ0) is 18.4. The minimum atomic E-state index is -0.459. The van der Waals surface area contributed by atoms with E-state index in [1.54, 1.807) is 37.5 Å². The van der Waals surface area contributed by atoms with Crippen molar-refractivity contribution in [1.82, 2.24) is 0 Å². The first-order valence-corrected chi connectivity index (χ1v) is 8.59. The van der Waals surface area contributed by atoms with Crippen molar-refractivity contribution in [2.75, 3.05) is 13.7 Å². The Labute approximate surface area is 152 Å². The molecule has 26 heavy (non-hydrogen) atoms. The lowest BCUT2D eigenvalue weighted by Gasteiger charge is -2.05. The molecule has 0 bridgehead atoms. The van der Waals surface area contributed by atoms with Gasteiger partial charge in [-0.05, 0) is 54.5 Å². The molecule has 2 aromatic carbocycles. The summed E-state index contributed by atoms with van der Waals surface area (Å²) in [6.45, 7) is 2.83. The number of rotatable bonds is 7. The summed E-state index contributed by atoms with van der Waals surface area (Å²) in [4.78, 5) is 16.4. The van der Waals surface area contributed by atoms with Crippen LogP contribution < -0.4 is 9.47 Å². The lowest BCUT2D eigenvalue weighted by Crippen LogP contribution is -2.05. The Hall–Kier alpha value is -3.08. The number of methoxy groups -OCH3 is 1. The SMILES string of the molecule is CCCCOc1ccc(/C=C2/N=C(c3ccc(OC)cc3)OC2=O)cc1. The third-order valence-corrected chi connectivity index (χ3v) is 3.91. The smallest absolute Gasteiger partial charge is 0.363 e. The second-order valence-corrected chi connectivity index (χ2v) is 5.84. The molecule has 5 nitrogen and oxygen atoms in total. The third-order valence-electron chi connectivity index (χ3n) is 3.91. The van der Waals surface area contributed by atoms with E-state index >= 15 is 0 Å². The number of nitrogens with zero attached hydrogens (tertiary/aromatic N) is 1. The van der Waals surface area contributed by atoms with Crippen LogP contribution in [0.15, 0.2) is 59.2 Å². The molecule has 0 aromatic heterocycles. The van der Waals surface area contributed by atoms with Gasteiger partial charge >= 0.3 is 5.97 Å². The average molecular weight is 351 g/mol. The van der Waals surface area contributed by atoms with Gasteiger partial charge in [0.05, 0.1) is 13.7 Å². The number of ether oxygens (including phenoxy) is 3. The second-order valence-electron chi connectivity index (χ2n) is 5.84. The summed E-state index contributed by atoms with van der Waals surface area (Å²) >= 11 is 0. The number of hydrogen-bond acceptors (Lipinski definition) is 5. The predicted octanol–water partition coefficient (Wildman–Crippen LogP) is 4.22. The molecule has 5 heteroatoms. The minimum Gasteiger partial charge on any atom is -0.497 e. The molecule has 0 unspecified atom stereocenters. The Balaban J connectivity index is 1.73. The number of carbonyl (C=O) groups is 1. The average Bonchev–Trinajstić information content (AvgIpc) is 3.04. The van der Waals surface area contributed by atoms with Crippen LogP contribution >= 0.6 is 0 Å². The normalized spacial score (nSPS) is 14.9. The lowest BCUT2D eigenvalue weighted by molar-refractivity contribution is -0.129. The standard InChI is InChI=1S/C21H21NO4/c1-3-4-13-25-18-9-5-15(6-10-18)14-19-21(23)26-20(22-19)16-7-11-17(24-2)12-8-16/h5-12,14H,3-4,13H2,1-2H3/b19-14+. The molecule has 3 rings (SSSR count). The monoisotopic (exact) mass is 351 g/mol. The number of esters is 1. The highest BCUT2D eigenvalue weighted by Gasteiger charge is 2.24. The number of aliphatic imine (C=N–C) groups is 1. The van der Waals surface area contributed by atoms with Gasteiger partial charge in [0.25, 0.3) is 0 Å². The molecule has 0 saturated heterocycles. The number of cyclic esters (lactones) is 1. The van der Waals surface area contributed by atoms with Gasteiger partial charge in [0.2, 0.25) is 5.90 Å². The molecular formula is C21H21NO4. The van der Waals surface area contributed by atoms with Gasteiger partial charge in [-0.25, -0.2) is 9.79 Å². The van der Waals surface area contributed by atoms with Gasteiger partial charge in [0.15, 0.2) is 5.70 Å². The van der Waals surface area contributed by atoms with Gasteiger partial charge in [0, 0.05) is 5.56 Å². The summed E-state index contributed by atoms with van der Waals surface area (Å²) < 4.78 is 16.0. The van der Waals surface area contributed by atoms with Crippen molar-refractivity contribution in [2.24, 2.45) is 4.99 Å². The van der Waals surface area contributed by atoms with E-state index in [1.165, 1.54) is 0 Å². The zero-order valence-corrected chi connectivity index (χ0v) is 14.9. The molecule has 0 radical (unpaired) electrons. The van der Waals surface area contributed by atoms with Crippen molar-refractivity contribution in [3.8, 4) is 11.5 Å². The summed E-state index contributed by atoms with van der Waals surface area (Å²) in [6, 6.07) is 14.7. The van der Waals surface area contributed by atoms with E-state index in [9.17, 15) is 4.79 Å². The maximum atomic E-state index is 12.1. The maximum absolute atomic E-state index is 12.1. The van der Waals surface area contributed by atoms with Crippen molar-refractivity contribution in [3.05, 3.63) is 65.4 Å². The van der Waals surface area contributed by atoms with E-state index in [1.807, 2.05) is 24.3 Å². The van der Waals surface area contributed by atoms with Crippen LogP contribution in [-0.2, 0) is 9.53 Å². The summed E-state index contributed by atoms with van der Waals surface area (Å²) in [5.74, 6) is 1.38. The minimum absolute atomic E-state index is 0.274. The molecule has 0 fully saturated rings. The van der Waals surface area contributed by atoms with Gasteiger partial charge in [-0.2, -0.15) is 0 Å². The number of benzene rings is 2. The summed E-state index contributed by atoms with van der Waals surface area (Å²) in [6.07, 6.45) is 3.83. The molecule has 0 aliphatic carbocycles.